The van der Waals surface area contributed by atoms with E-state index in [-0.39, 0.29) is 5.41 Å². The van der Waals surface area contributed by atoms with Crippen LogP contribution in [0.1, 0.15) is 44.7 Å². The summed E-state index contributed by atoms with van der Waals surface area (Å²) >= 11 is 0. The van der Waals surface area contributed by atoms with Gasteiger partial charge in [-0.05, 0) is 30.9 Å². The van der Waals surface area contributed by atoms with E-state index in [2.05, 4.69) is 50.1 Å². The van der Waals surface area contributed by atoms with Gasteiger partial charge in [-0.1, -0.05) is 44.2 Å². The summed E-state index contributed by atoms with van der Waals surface area (Å²) < 4.78 is 1.91. The average Bonchev–Trinajstić information content (AvgIpc) is 2.98. The van der Waals surface area contributed by atoms with Crippen LogP contribution in [0.15, 0.2) is 42.7 Å². The molecule has 1 unspecified atom stereocenters. The van der Waals surface area contributed by atoms with E-state index in [1.165, 1.54) is 5.56 Å². The first-order valence-corrected chi connectivity index (χ1v) is 7.91. The standard InChI is InChI=1S/C18H26N2O/c1-4-18(5-2,16-10-8-7-9-11-16)17(21)12-15-13-19-20(6-3)14-15/h7-11,13-14,17,21H,4-6,12H2,1-3H3. The van der Waals surface area contributed by atoms with E-state index in [0.717, 1.165) is 24.9 Å². The Labute approximate surface area is 127 Å². The van der Waals surface area contributed by atoms with Crippen molar-refractivity contribution >= 4 is 0 Å². The lowest BCUT2D eigenvalue weighted by Crippen LogP contribution is -2.40. The summed E-state index contributed by atoms with van der Waals surface area (Å²) in [6.45, 7) is 7.26. The molecule has 1 aromatic heterocycles. The molecule has 0 aliphatic rings. The molecule has 0 aliphatic carbocycles. The van der Waals surface area contributed by atoms with Gasteiger partial charge in [0.2, 0.25) is 0 Å². The molecule has 0 radical (unpaired) electrons. The van der Waals surface area contributed by atoms with Crippen molar-refractivity contribution in [2.75, 3.05) is 0 Å². The van der Waals surface area contributed by atoms with Gasteiger partial charge in [0.05, 0.1) is 12.3 Å². The maximum Gasteiger partial charge on any atom is 0.0677 e. The van der Waals surface area contributed by atoms with Gasteiger partial charge in [-0.15, -0.1) is 0 Å². The summed E-state index contributed by atoms with van der Waals surface area (Å²) in [6.07, 6.45) is 6.01. The predicted octanol–water partition coefficient (Wildman–Crippen LogP) is 3.56. The number of nitrogens with zero attached hydrogens (tertiary/aromatic N) is 2. The Morgan fingerprint density at radius 1 is 1.14 bits per heavy atom. The SMILES string of the molecule is CCn1cc(CC(O)C(CC)(CC)c2ccccc2)cn1. The average molecular weight is 286 g/mol. The van der Waals surface area contributed by atoms with Crippen LogP contribution in [0, 0.1) is 0 Å². The molecule has 1 atom stereocenters. The van der Waals surface area contributed by atoms with E-state index in [1.807, 2.05) is 23.1 Å². The monoisotopic (exact) mass is 286 g/mol. The molecule has 3 heteroatoms. The fraction of sp³-hybridized carbons (Fsp3) is 0.500. The highest BCUT2D eigenvalue weighted by atomic mass is 16.3. The molecular formula is C18H26N2O. The van der Waals surface area contributed by atoms with Gasteiger partial charge in [0.1, 0.15) is 0 Å². The first-order chi connectivity index (χ1) is 10.2. The molecule has 0 aliphatic heterocycles. The van der Waals surface area contributed by atoms with E-state index in [1.54, 1.807) is 0 Å². The van der Waals surface area contributed by atoms with Crippen molar-refractivity contribution in [3.05, 3.63) is 53.9 Å². The first kappa shape index (κ1) is 15.8. The second kappa shape index (κ2) is 6.90. The molecule has 0 saturated carbocycles. The zero-order valence-electron chi connectivity index (χ0n) is 13.3. The van der Waals surface area contributed by atoms with Crippen molar-refractivity contribution < 1.29 is 5.11 Å². The lowest BCUT2D eigenvalue weighted by Gasteiger charge is -2.37. The van der Waals surface area contributed by atoms with Gasteiger partial charge in [0, 0.05) is 24.6 Å². The molecule has 3 nitrogen and oxygen atoms in total. The second-order valence-corrected chi connectivity index (χ2v) is 5.65. The Morgan fingerprint density at radius 2 is 1.81 bits per heavy atom. The fourth-order valence-electron chi connectivity index (χ4n) is 3.20. The Bertz CT molecular complexity index is 543. The van der Waals surface area contributed by atoms with Crippen molar-refractivity contribution in [1.82, 2.24) is 9.78 Å². The highest BCUT2D eigenvalue weighted by Gasteiger charge is 2.36. The molecule has 0 fully saturated rings. The minimum Gasteiger partial charge on any atom is -0.392 e. The summed E-state index contributed by atoms with van der Waals surface area (Å²) in [4.78, 5) is 0. The maximum atomic E-state index is 10.9. The molecule has 1 N–H and O–H groups in total. The molecule has 0 saturated heterocycles. The van der Waals surface area contributed by atoms with Gasteiger partial charge < -0.3 is 5.11 Å². The summed E-state index contributed by atoms with van der Waals surface area (Å²) in [5.41, 5.74) is 2.15. The molecule has 21 heavy (non-hydrogen) atoms. The minimum atomic E-state index is -0.399. The van der Waals surface area contributed by atoms with E-state index in [0.29, 0.717) is 6.42 Å². The smallest absolute Gasteiger partial charge is 0.0677 e. The topological polar surface area (TPSA) is 38.0 Å². The number of aliphatic hydroxyl groups excluding tert-OH is 1. The molecule has 1 aromatic carbocycles. The Morgan fingerprint density at radius 3 is 2.33 bits per heavy atom. The van der Waals surface area contributed by atoms with Crippen LogP contribution in [0.5, 0.6) is 0 Å². The van der Waals surface area contributed by atoms with Gasteiger partial charge in [-0.3, -0.25) is 4.68 Å². The quantitative estimate of drug-likeness (QED) is 0.845. The third-order valence-electron chi connectivity index (χ3n) is 4.69. The van der Waals surface area contributed by atoms with E-state index in [9.17, 15) is 5.11 Å². The molecule has 114 valence electrons. The minimum absolute atomic E-state index is 0.185. The second-order valence-electron chi connectivity index (χ2n) is 5.65. The maximum absolute atomic E-state index is 10.9. The van der Waals surface area contributed by atoms with Crippen LogP contribution in [-0.4, -0.2) is 21.0 Å². The molecule has 2 rings (SSSR count). The van der Waals surface area contributed by atoms with Crippen LogP contribution in [-0.2, 0) is 18.4 Å². The molecule has 1 heterocycles. The zero-order chi connectivity index (χ0) is 15.3. The third-order valence-corrected chi connectivity index (χ3v) is 4.69. The van der Waals surface area contributed by atoms with Crippen molar-refractivity contribution in [2.45, 2.75) is 58.1 Å². The lowest BCUT2D eigenvalue weighted by molar-refractivity contribution is 0.0733. The molecule has 0 bridgehead atoms. The van der Waals surface area contributed by atoms with Gasteiger partial charge in [-0.2, -0.15) is 5.10 Å². The van der Waals surface area contributed by atoms with Crippen molar-refractivity contribution in [3.8, 4) is 0 Å². The van der Waals surface area contributed by atoms with Crippen LogP contribution in [0.25, 0.3) is 0 Å². The first-order valence-electron chi connectivity index (χ1n) is 7.91. The number of hydrogen-bond donors (Lipinski definition) is 1. The van der Waals surface area contributed by atoms with Crippen molar-refractivity contribution in [3.63, 3.8) is 0 Å². The number of rotatable bonds is 7. The number of benzene rings is 1. The number of hydrogen-bond acceptors (Lipinski definition) is 2. The summed E-state index contributed by atoms with van der Waals surface area (Å²) in [5, 5.41) is 15.2. The van der Waals surface area contributed by atoms with Crippen LogP contribution >= 0.6 is 0 Å². The Kier molecular flexibility index (Phi) is 5.18. The van der Waals surface area contributed by atoms with Crippen LogP contribution < -0.4 is 0 Å². The van der Waals surface area contributed by atoms with E-state index in [4.69, 9.17) is 0 Å². The van der Waals surface area contributed by atoms with Gasteiger partial charge in [-0.25, -0.2) is 0 Å². The van der Waals surface area contributed by atoms with Gasteiger partial charge in [0.15, 0.2) is 0 Å². The number of aliphatic hydroxyl groups is 1. The highest BCUT2D eigenvalue weighted by molar-refractivity contribution is 5.28. The largest absolute Gasteiger partial charge is 0.392 e. The summed E-state index contributed by atoms with van der Waals surface area (Å²) in [5.74, 6) is 0. The fourth-order valence-corrected chi connectivity index (χ4v) is 3.20. The summed E-state index contributed by atoms with van der Waals surface area (Å²) in [6, 6.07) is 10.4. The van der Waals surface area contributed by atoms with Crippen molar-refractivity contribution in [2.24, 2.45) is 0 Å². The summed E-state index contributed by atoms with van der Waals surface area (Å²) in [7, 11) is 0. The Balaban J connectivity index is 2.25. The predicted molar refractivity (Wildman–Crippen MR) is 86.3 cm³/mol. The molecule has 2 aromatic rings. The van der Waals surface area contributed by atoms with Crippen molar-refractivity contribution in [1.29, 1.82) is 0 Å². The number of aromatic nitrogens is 2. The van der Waals surface area contributed by atoms with Crippen LogP contribution in [0.3, 0.4) is 0 Å². The van der Waals surface area contributed by atoms with E-state index >= 15 is 0 Å². The normalized spacial score (nSPS) is 13.3. The zero-order valence-corrected chi connectivity index (χ0v) is 13.3. The van der Waals surface area contributed by atoms with Gasteiger partial charge in [0.25, 0.3) is 0 Å². The molecule has 0 amide bonds. The van der Waals surface area contributed by atoms with Gasteiger partial charge >= 0.3 is 0 Å². The number of aryl methyl sites for hydroxylation is 1. The molecule has 0 spiro atoms. The van der Waals surface area contributed by atoms with Crippen LogP contribution in [0.2, 0.25) is 0 Å². The highest BCUT2D eigenvalue weighted by Crippen LogP contribution is 2.36. The Hall–Kier alpha value is -1.61. The van der Waals surface area contributed by atoms with Crippen LogP contribution in [0.4, 0.5) is 0 Å². The lowest BCUT2D eigenvalue weighted by atomic mass is 9.70. The van der Waals surface area contributed by atoms with E-state index < -0.39 is 6.10 Å². The molecular weight excluding hydrogens is 260 g/mol. The third kappa shape index (κ3) is 3.18.